The van der Waals surface area contributed by atoms with Gasteiger partial charge in [0, 0.05) is 11.3 Å². The number of aromatic nitrogens is 2. The number of aromatic amines is 1. The maximum atomic E-state index is 9.61. The Morgan fingerprint density at radius 3 is 2.88 bits per heavy atom. The molecular weight excluding hydrogens is 332 g/mol. The first-order valence-corrected chi connectivity index (χ1v) is 8.06. The number of rotatable bonds is 5. The molecule has 7 nitrogen and oxygen atoms in total. The number of hydrogen-bond acceptors (Lipinski definition) is 6. The highest BCUT2D eigenvalue weighted by atomic mass is 16.5. The highest BCUT2D eigenvalue weighted by Crippen LogP contribution is 2.44. The molecule has 0 unspecified atom stereocenters. The first-order valence-electron chi connectivity index (χ1n) is 8.06. The fraction of sp³-hybridized carbons (Fsp3) is 0.263. The van der Waals surface area contributed by atoms with E-state index in [2.05, 4.69) is 22.2 Å². The van der Waals surface area contributed by atoms with Gasteiger partial charge in [0.25, 0.3) is 0 Å². The zero-order valence-electron chi connectivity index (χ0n) is 14.5. The van der Waals surface area contributed by atoms with E-state index in [4.69, 9.17) is 26.4 Å². The van der Waals surface area contributed by atoms with Crippen LogP contribution in [0.15, 0.2) is 29.7 Å². The van der Waals surface area contributed by atoms with Crippen molar-refractivity contribution in [2.24, 2.45) is 5.73 Å². The van der Waals surface area contributed by atoms with Gasteiger partial charge in [-0.3, -0.25) is 5.10 Å². The number of allylic oxidation sites excluding steroid dienone is 1. The Morgan fingerprint density at radius 2 is 2.19 bits per heavy atom. The van der Waals surface area contributed by atoms with Crippen LogP contribution in [-0.2, 0) is 0 Å². The molecule has 1 aromatic heterocycles. The predicted octanol–water partition coefficient (Wildman–Crippen LogP) is 2.35. The second kappa shape index (κ2) is 7.12. The minimum atomic E-state index is -0.414. The molecule has 0 radical (unpaired) electrons. The SMILES string of the molecule is C#CCOc1ccc([C@@H]2C(C#N)=C(N)Oc3n[nH]c(C)c32)cc1OCC. The first kappa shape index (κ1) is 17.2. The summed E-state index contributed by atoms with van der Waals surface area (Å²) in [4.78, 5) is 0. The lowest BCUT2D eigenvalue weighted by Crippen LogP contribution is -2.21. The maximum Gasteiger partial charge on any atom is 0.244 e. The van der Waals surface area contributed by atoms with Gasteiger partial charge < -0.3 is 19.9 Å². The van der Waals surface area contributed by atoms with Crippen molar-refractivity contribution in [2.45, 2.75) is 19.8 Å². The zero-order valence-corrected chi connectivity index (χ0v) is 14.5. The molecule has 0 amide bonds. The highest BCUT2D eigenvalue weighted by Gasteiger charge is 2.34. The number of nitrogens with zero attached hydrogens (tertiary/aromatic N) is 2. The summed E-state index contributed by atoms with van der Waals surface area (Å²) in [5.41, 5.74) is 8.65. The molecule has 2 heterocycles. The number of nitriles is 1. The molecule has 0 saturated carbocycles. The molecule has 26 heavy (non-hydrogen) atoms. The summed E-state index contributed by atoms with van der Waals surface area (Å²) >= 11 is 0. The third-order valence-corrected chi connectivity index (χ3v) is 4.04. The second-order valence-electron chi connectivity index (χ2n) is 5.62. The summed E-state index contributed by atoms with van der Waals surface area (Å²) < 4.78 is 16.7. The molecule has 1 atom stereocenters. The quantitative estimate of drug-likeness (QED) is 0.802. The van der Waals surface area contributed by atoms with Crippen LogP contribution >= 0.6 is 0 Å². The van der Waals surface area contributed by atoms with Crippen LogP contribution in [0, 0.1) is 30.6 Å². The van der Waals surface area contributed by atoms with Gasteiger partial charge in [-0.15, -0.1) is 11.5 Å². The number of H-pyrrole nitrogens is 1. The molecule has 0 aliphatic carbocycles. The van der Waals surface area contributed by atoms with Crippen molar-refractivity contribution in [1.82, 2.24) is 10.2 Å². The van der Waals surface area contributed by atoms with Crippen molar-refractivity contribution in [2.75, 3.05) is 13.2 Å². The van der Waals surface area contributed by atoms with Crippen LogP contribution in [0.5, 0.6) is 17.4 Å². The molecule has 132 valence electrons. The van der Waals surface area contributed by atoms with E-state index < -0.39 is 5.92 Å². The number of hydrogen-bond donors (Lipinski definition) is 2. The first-order chi connectivity index (χ1) is 12.6. The van der Waals surface area contributed by atoms with Gasteiger partial charge in [0.2, 0.25) is 11.8 Å². The fourth-order valence-corrected chi connectivity index (χ4v) is 2.94. The monoisotopic (exact) mass is 350 g/mol. The van der Waals surface area contributed by atoms with E-state index in [1.54, 1.807) is 6.07 Å². The van der Waals surface area contributed by atoms with E-state index in [0.717, 1.165) is 16.8 Å². The van der Waals surface area contributed by atoms with Crippen molar-refractivity contribution in [3.63, 3.8) is 0 Å². The van der Waals surface area contributed by atoms with Gasteiger partial charge in [-0.25, -0.2) is 0 Å². The van der Waals surface area contributed by atoms with E-state index in [1.165, 1.54) is 0 Å². The van der Waals surface area contributed by atoms with Crippen molar-refractivity contribution in [3.05, 3.63) is 46.5 Å². The van der Waals surface area contributed by atoms with Crippen LogP contribution in [0.2, 0.25) is 0 Å². The summed E-state index contributed by atoms with van der Waals surface area (Å²) in [5, 5.41) is 16.6. The molecule has 1 aliphatic heterocycles. The third-order valence-electron chi connectivity index (χ3n) is 4.04. The van der Waals surface area contributed by atoms with Crippen LogP contribution in [-0.4, -0.2) is 23.4 Å². The largest absolute Gasteiger partial charge is 0.490 e. The molecule has 1 aromatic carbocycles. The topological polar surface area (TPSA) is 106 Å². The van der Waals surface area contributed by atoms with Gasteiger partial charge >= 0.3 is 0 Å². The van der Waals surface area contributed by atoms with E-state index in [1.807, 2.05) is 26.0 Å². The molecule has 3 rings (SSSR count). The minimum absolute atomic E-state index is 0.0436. The summed E-state index contributed by atoms with van der Waals surface area (Å²) in [6.07, 6.45) is 5.26. The number of aryl methyl sites for hydroxylation is 1. The normalized spacial score (nSPS) is 15.5. The van der Waals surface area contributed by atoms with E-state index in [9.17, 15) is 5.26 Å². The fourth-order valence-electron chi connectivity index (χ4n) is 2.94. The molecule has 7 heteroatoms. The van der Waals surface area contributed by atoms with E-state index >= 15 is 0 Å². The van der Waals surface area contributed by atoms with Gasteiger partial charge in [0.15, 0.2) is 11.5 Å². The number of nitrogens with one attached hydrogen (secondary N) is 1. The van der Waals surface area contributed by atoms with Gasteiger partial charge in [-0.2, -0.15) is 5.26 Å². The molecule has 3 N–H and O–H groups in total. The molecule has 0 bridgehead atoms. The Kier molecular flexibility index (Phi) is 4.72. The molecule has 1 aliphatic rings. The van der Waals surface area contributed by atoms with E-state index in [-0.39, 0.29) is 12.5 Å². The molecule has 0 saturated heterocycles. The van der Waals surface area contributed by atoms with Crippen LogP contribution in [0.25, 0.3) is 0 Å². The standard InChI is InChI=1S/C19H18N4O3/c1-4-8-25-14-7-6-12(9-15(14)24-5-2)17-13(10-20)18(21)26-19-16(17)11(3)22-23-19/h1,6-7,9,17H,5,8,21H2,2-3H3,(H,22,23)/t17-/m1/s1. The summed E-state index contributed by atoms with van der Waals surface area (Å²) in [6, 6.07) is 7.60. The summed E-state index contributed by atoms with van der Waals surface area (Å²) in [5.74, 6) is 3.52. The Bertz CT molecular complexity index is 947. The molecule has 0 spiro atoms. The number of ether oxygens (including phenoxy) is 3. The lowest BCUT2D eigenvalue weighted by Gasteiger charge is -2.24. The van der Waals surface area contributed by atoms with Gasteiger partial charge in [-0.1, -0.05) is 12.0 Å². The number of fused-ring (bicyclic) bond motifs is 1. The van der Waals surface area contributed by atoms with Crippen molar-refractivity contribution in [3.8, 4) is 35.8 Å². The predicted molar refractivity (Wildman–Crippen MR) is 94.6 cm³/mol. The van der Waals surface area contributed by atoms with Crippen molar-refractivity contribution >= 4 is 0 Å². The highest BCUT2D eigenvalue weighted by molar-refractivity contribution is 5.57. The third kappa shape index (κ3) is 2.91. The lowest BCUT2D eigenvalue weighted by atomic mass is 9.84. The Morgan fingerprint density at radius 1 is 1.38 bits per heavy atom. The Hall–Kier alpha value is -3.58. The Balaban J connectivity index is 2.12. The van der Waals surface area contributed by atoms with Crippen LogP contribution in [0.3, 0.4) is 0 Å². The molecule has 2 aromatic rings. The summed E-state index contributed by atoms with van der Waals surface area (Å²) in [6.45, 7) is 4.34. The number of terminal acetylenes is 1. The smallest absolute Gasteiger partial charge is 0.244 e. The second-order valence-corrected chi connectivity index (χ2v) is 5.62. The van der Waals surface area contributed by atoms with Crippen molar-refractivity contribution < 1.29 is 14.2 Å². The number of nitrogens with two attached hydrogens (primary N) is 1. The van der Waals surface area contributed by atoms with Gasteiger partial charge in [0.1, 0.15) is 18.2 Å². The summed E-state index contributed by atoms with van der Waals surface area (Å²) in [7, 11) is 0. The van der Waals surface area contributed by atoms with Crippen LogP contribution in [0.4, 0.5) is 0 Å². The van der Waals surface area contributed by atoms with Crippen LogP contribution in [0.1, 0.15) is 29.7 Å². The lowest BCUT2D eigenvalue weighted by molar-refractivity contribution is 0.299. The van der Waals surface area contributed by atoms with Crippen molar-refractivity contribution in [1.29, 1.82) is 5.26 Å². The van der Waals surface area contributed by atoms with Crippen LogP contribution < -0.4 is 19.9 Å². The minimum Gasteiger partial charge on any atom is -0.490 e. The zero-order chi connectivity index (χ0) is 18.7. The van der Waals surface area contributed by atoms with E-state index in [0.29, 0.717) is 29.6 Å². The maximum absolute atomic E-state index is 9.61. The number of benzene rings is 1. The molecule has 0 fully saturated rings. The molecular formula is C19H18N4O3. The average molecular weight is 350 g/mol. The van der Waals surface area contributed by atoms with Gasteiger partial charge in [0.05, 0.1) is 12.5 Å². The van der Waals surface area contributed by atoms with Gasteiger partial charge in [-0.05, 0) is 31.5 Å². The Labute approximate surface area is 151 Å². The average Bonchev–Trinajstić information content (AvgIpc) is 3.00.